The Morgan fingerprint density at radius 1 is 0.417 bits per heavy atom. The quantitative estimate of drug-likeness (QED) is 0.144. The third kappa shape index (κ3) is 6.27. The Balaban J connectivity index is 1.01. The monoisotopic (exact) mass is 797 g/mol. The summed E-state index contributed by atoms with van der Waals surface area (Å²) in [6.45, 7) is 3.74. The van der Waals surface area contributed by atoms with Crippen molar-refractivity contribution in [2.75, 3.05) is 13.3 Å². The largest absolute Gasteiger partial charge is 0.319 e. The minimum absolute atomic E-state index is 0.0540. The van der Waals surface area contributed by atoms with E-state index in [1.807, 2.05) is 37.6 Å². The van der Waals surface area contributed by atoms with Gasteiger partial charge in [0.05, 0.1) is 0 Å². The van der Waals surface area contributed by atoms with E-state index in [2.05, 4.69) is 146 Å². The Kier molecular flexibility index (Phi) is 9.05. The number of aromatic nitrogens is 3. The highest BCUT2D eigenvalue weighted by atomic mass is 31.2. The van der Waals surface area contributed by atoms with Crippen molar-refractivity contribution in [1.82, 2.24) is 15.0 Å². The molecular weight excluding hydrogens is 750 g/mol. The summed E-state index contributed by atoms with van der Waals surface area (Å²) in [5.74, 6) is 4.92. The Morgan fingerprint density at radius 2 is 0.867 bits per heavy atom. The van der Waals surface area contributed by atoms with Crippen LogP contribution in [0.1, 0.15) is 43.2 Å². The Labute approximate surface area is 353 Å². The number of fused-ring (bicyclic) bond motifs is 1. The Hall–Kier alpha value is -5.96. The molecule has 4 nitrogen and oxygen atoms in total. The van der Waals surface area contributed by atoms with Gasteiger partial charge >= 0.3 is 0 Å². The van der Waals surface area contributed by atoms with Gasteiger partial charge in [-0.3, -0.25) is 0 Å². The van der Waals surface area contributed by atoms with Crippen LogP contribution in [-0.2, 0) is 9.98 Å². The molecule has 294 valence electrons. The molecular formula is C55H48N3OP. The van der Waals surface area contributed by atoms with Gasteiger partial charge in [0.1, 0.15) is 7.14 Å². The summed E-state index contributed by atoms with van der Waals surface area (Å²) >= 11 is 0. The van der Waals surface area contributed by atoms with Crippen LogP contribution in [0.25, 0.3) is 67.2 Å². The van der Waals surface area contributed by atoms with Crippen LogP contribution < -0.4 is 5.30 Å². The first-order chi connectivity index (χ1) is 29.3. The molecule has 4 aliphatic carbocycles. The summed E-state index contributed by atoms with van der Waals surface area (Å²) in [6, 6.07) is 60.8. The molecule has 0 saturated heterocycles. The molecule has 60 heavy (non-hydrogen) atoms. The summed E-state index contributed by atoms with van der Waals surface area (Å²) in [7, 11) is -2.44. The molecule has 7 aromatic carbocycles. The maximum Gasteiger partial charge on any atom is 0.164 e. The summed E-state index contributed by atoms with van der Waals surface area (Å²) in [5.41, 5.74) is 10.4. The zero-order valence-corrected chi connectivity index (χ0v) is 35.1. The maximum absolute atomic E-state index is 13.3. The zero-order chi connectivity index (χ0) is 40.4. The molecule has 5 heteroatoms. The molecule has 4 fully saturated rings. The predicted molar refractivity (Wildman–Crippen MR) is 248 cm³/mol. The van der Waals surface area contributed by atoms with Crippen LogP contribution in [0.4, 0.5) is 0 Å². The van der Waals surface area contributed by atoms with Crippen molar-refractivity contribution in [3.8, 4) is 56.4 Å². The highest BCUT2D eigenvalue weighted by Gasteiger charge is 2.58. The number of hydrogen-bond donors (Lipinski definition) is 0. The van der Waals surface area contributed by atoms with Gasteiger partial charge in [0, 0.05) is 27.4 Å². The standard InChI is InChI=1S/C55H48N3OP/c1-60(2,59)51-30-29-47(48-18-10-11-19-49(48)51)39-21-25-42(26-22-39)55(44-32-36-31-37(34-44)35-45(55)33-36)43-27-23-41(24-28-43)53-56-52(40-15-7-4-8-16-40)57-54(58-53)50-20-12-9-17-46(50)38-13-5-3-6-14-38/h3-30,36-37,44-45H,31-35H2,1-2H3. The maximum atomic E-state index is 13.3. The van der Waals surface area contributed by atoms with Gasteiger partial charge in [-0.1, -0.05) is 170 Å². The van der Waals surface area contributed by atoms with Crippen LogP contribution in [0.5, 0.6) is 0 Å². The second kappa shape index (κ2) is 14.6. The Morgan fingerprint density at radius 3 is 1.45 bits per heavy atom. The molecule has 0 N–H and O–H groups in total. The highest BCUT2D eigenvalue weighted by Crippen LogP contribution is 2.65. The van der Waals surface area contributed by atoms with E-state index < -0.39 is 7.14 Å². The van der Waals surface area contributed by atoms with E-state index in [1.165, 1.54) is 54.4 Å². The first-order valence-electron chi connectivity index (χ1n) is 21.6. The molecule has 4 aliphatic rings. The fourth-order valence-electron chi connectivity index (χ4n) is 11.8. The lowest BCUT2D eigenvalue weighted by Crippen LogP contribution is -2.56. The van der Waals surface area contributed by atoms with E-state index in [1.54, 1.807) is 0 Å². The van der Waals surface area contributed by atoms with Crippen molar-refractivity contribution in [1.29, 1.82) is 0 Å². The average Bonchev–Trinajstić information content (AvgIpc) is 3.29. The Bertz CT molecular complexity index is 2890. The molecule has 1 aromatic heterocycles. The second-order valence-corrected chi connectivity index (χ2v) is 21.1. The van der Waals surface area contributed by atoms with E-state index >= 15 is 0 Å². The van der Waals surface area contributed by atoms with E-state index in [9.17, 15) is 4.57 Å². The van der Waals surface area contributed by atoms with Gasteiger partial charge in [0.25, 0.3) is 0 Å². The fourth-order valence-corrected chi connectivity index (χ4v) is 13.0. The van der Waals surface area contributed by atoms with Crippen molar-refractivity contribution in [3.05, 3.63) is 181 Å². The number of benzene rings is 7. The minimum atomic E-state index is -2.44. The zero-order valence-electron chi connectivity index (χ0n) is 34.2. The predicted octanol–water partition coefficient (Wildman–Crippen LogP) is 13.3. The van der Waals surface area contributed by atoms with Crippen LogP contribution >= 0.6 is 7.14 Å². The molecule has 8 aromatic rings. The van der Waals surface area contributed by atoms with E-state index in [0.717, 1.165) is 55.7 Å². The van der Waals surface area contributed by atoms with Crippen LogP contribution in [-0.4, -0.2) is 28.3 Å². The van der Waals surface area contributed by atoms with Crippen LogP contribution in [0, 0.1) is 23.7 Å². The van der Waals surface area contributed by atoms with Gasteiger partial charge in [-0.05, 0) is 113 Å². The molecule has 0 aliphatic heterocycles. The van der Waals surface area contributed by atoms with E-state index in [0.29, 0.717) is 29.3 Å². The van der Waals surface area contributed by atoms with E-state index in [4.69, 9.17) is 15.0 Å². The van der Waals surface area contributed by atoms with Crippen molar-refractivity contribution in [2.45, 2.75) is 37.5 Å². The molecule has 0 radical (unpaired) electrons. The van der Waals surface area contributed by atoms with Crippen molar-refractivity contribution in [2.24, 2.45) is 23.7 Å². The lowest BCUT2D eigenvalue weighted by atomic mass is 9.42. The SMILES string of the molecule is CP(C)(=O)c1ccc(-c2ccc(C3(c4ccc(-c5nc(-c6ccccc6)nc(-c6ccccc6-c6ccccc6)n5)cc4)C4CC5CC(C4)CC3C5)cc2)c2ccccc12. The normalized spacial score (nSPS) is 22.0. The molecule has 4 saturated carbocycles. The minimum Gasteiger partial charge on any atom is -0.319 e. The third-order valence-corrected chi connectivity index (χ3v) is 15.7. The van der Waals surface area contributed by atoms with Gasteiger partial charge in [0.15, 0.2) is 17.5 Å². The summed E-state index contributed by atoms with van der Waals surface area (Å²) < 4.78 is 13.3. The first-order valence-corrected chi connectivity index (χ1v) is 24.2. The van der Waals surface area contributed by atoms with Crippen molar-refractivity contribution >= 4 is 23.2 Å². The van der Waals surface area contributed by atoms with E-state index in [-0.39, 0.29) is 5.41 Å². The summed E-state index contributed by atoms with van der Waals surface area (Å²) in [6.07, 6.45) is 6.61. The number of hydrogen-bond acceptors (Lipinski definition) is 4. The van der Waals surface area contributed by atoms with Crippen molar-refractivity contribution in [3.63, 3.8) is 0 Å². The molecule has 1 heterocycles. The molecule has 4 bridgehead atoms. The topological polar surface area (TPSA) is 55.7 Å². The molecule has 0 atom stereocenters. The number of nitrogens with zero attached hydrogens (tertiary/aromatic N) is 3. The highest BCUT2D eigenvalue weighted by molar-refractivity contribution is 7.70. The van der Waals surface area contributed by atoms with Gasteiger partial charge in [-0.2, -0.15) is 0 Å². The van der Waals surface area contributed by atoms with Crippen LogP contribution in [0.15, 0.2) is 170 Å². The van der Waals surface area contributed by atoms with Crippen LogP contribution in [0.3, 0.4) is 0 Å². The smallest absolute Gasteiger partial charge is 0.164 e. The summed E-state index contributed by atoms with van der Waals surface area (Å²) in [4.78, 5) is 15.5. The number of rotatable bonds is 8. The first kappa shape index (κ1) is 37.1. The third-order valence-electron chi connectivity index (χ3n) is 14.1. The molecule has 12 rings (SSSR count). The summed E-state index contributed by atoms with van der Waals surface area (Å²) in [5, 5.41) is 3.20. The van der Waals surface area contributed by atoms with Crippen molar-refractivity contribution < 1.29 is 4.57 Å². The second-order valence-electron chi connectivity index (χ2n) is 17.9. The van der Waals surface area contributed by atoms with Gasteiger partial charge in [0.2, 0.25) is 0 Å². The molecule has 0 unspecified atom stereocenters. The fraction of sp³-hybridized carbons (Fsp3) is 0.218. The van der Waals surface area contributed by atoms with Gasteiger partial charge in [-0.15, -0.1) is 0 Å². The van der Waals surface area contributed by atoms with Gasteiger partial charge in [-0.25, -0.2) is 15.0 Å². The lowest BCUT2D eigenvalue weighted by Gasteiger charge is -2.62. The van der Waals surface area contributed by atoms with Gasteiger partial charge < -0.3 is 4.57 Å². The molecule has 0 amide bonds. The van der Waals surface area contributed by atoms with Crippen LogP contribution in [0.2, 0.25) is 0 Å². The average molecular weight is 798 g/mol. The molecule has 0 spiro atoms. The lowest BCUT2D eigenvalue weighted by molar-refractivity contribution is -0.0418.